The van der Waals surface area contributed by atoms with Crippen molar-refractivity contribution in [1.29, 1.82) is 0 Å². The number of nitrogens with one attached hydrogen (secondary N) is 1. The molecule has 0 aliphatic rings. The van der Waals surface area contributed by atoms with Gasteiger partial charge in [0.2, 0.25) is 5.91 Å². The van der Waals surface area contributed by atoms with Gasteiger partial charge in [0.25, 0.3) is 5.56 Å². The van der Waals surface area contributed by atoms with Crippen molar-refractivity contribution in [3.8, 4) is 0 Å². The Morgan fingerprint density at radius 3 is 2.45 bits per heavy atom. The Morgan fingerprint density at radius 2 is 1.82 bits per heavy atom. The molecule has 22 heavy (non-hydrogen) atoms. The lowest BCUT2D eigenvalue weighted by Crippen LogP contribution is -2.37. The second-order valence-corrected chi connectivity index (χ2v) is 6.13. The van der Waals surface area contributed by atoms with Gasteiger partial charge in [-0.25, -0.2) is 0 Å². The molecule has 0 radical (unpaired) electrons. The Kier molecular flexibility index (Phi) is 4.35. The Bertz CT molecular complexity index is 730. The lowest BCUT2D eigenvalue weighted by atomic mass is 9.92. The third kappa shape index (κ3) is 3.75. The summed E-state index contributed by atoms with van der Waals surface area (Å²) in [5.41, 5.74) is 7.10. The molecule has 2 rings (SSSR count). The summed E-state index contributed by atoms with van der Waals surface area (Å²) in [5, 5.41) is 2.85. The number of aromatic nitrogens is 1. The van der Waals surface area contributed by atoms with Gasteiger partial charge in [-0.3, -0.25) is 9.59 Å². The van der Waals surface area contributed by atoms with Crippen LogP contribution in [0.3, 0.4) is 0 Å². The Balaban J connectivity index is 2.15. The molecule has 0 unspecified atom stereocenters. The second-order valence-electron chi connectivity index (χ2n) is 6.13. The maximum atomic E-state index is 12.5. The van der Waals surface area contributed by atoms with Crippen molar-refractivity contribution in [3.05, 3.63) is 58.5 Å². The van der Waals surface area contributed by atoms with E-state index in [-0.39, 0.29) is 11.5 Å². The highest BCUT2D eigenvalue weighted by atomic mass is 16.2. The molecule has 3 N–H and O–H groups in total. The molecule has 0 atom stereocenters. The summed E-state index contributed by atoms with van der Waals surface area (Å²) in [7, 11) is 0. The first-order valence-corrected chi connectivity index (χ1v) is 7.12. The number of nitrogens with two attached hydrogens (primary N) is 1. The summed E-state index contributed by atoms with van der Waals surface area (Å²) in [6.07, 6.45) is 1.76. The van der Waals surface area contributed by atoms with Crippen LogP contribution in [-0.4, -0.2) is 10.5 Å². The summed E-state index contributed by atoms with van der Waals surface area (Å²) >= 11 is 0. The zero-order valence-corrected chi connectivity index (χ0v) is 13.1. The highest BCUT2D eigenvalue weighted by Gasteiger charge is 2.28. The predicted octanol–water partition coefficient (Wildman–Crippen LogP) is 2.40. The molecule has 1 heterocycles. The van der Waals surface area contributed by atoms with E-state index < -0.39 is 5.41 Å². The van der Waals surface area contributed by atoms with Crippen molar-refractivity contribution in [1.82, 2.24) is 4.57 Å². The highest BCUT2D eigenvalue weighted by molar-refractivity contribution is 5.94. The minimum atomic E-state index is -0.723. The zero-order valence-electron chi connectivity index (χ0n) is 13.1. The number of pyridine rings is 1. The van der Waals surface area contributed by atoms with E-state index in [2.05, 4.69) is 5.32 Å². The molecule has 0 spiro atoms. The van der Waals surface area contributed by atoms with E-state index in [0.29, 0.717) is 17.9 Å². The van der Waals surface area contributed by atoms with Gasteiger partial charge in [-0.05, 0) is 50.6 Å². The average molecular weight is 299 g/mol. The maximum absolute atomic E-state index is 12.5. The monoisotopic (exact) mass is 299 g/mol. The van der Waals surface area contributed by atoms with Crippen LogP contribution in [0.1, 0.15) is 19.4 Å². The Hall–Kier alpha value is -2.56. The molecule has 5 nitrogen and oxygen atoms in total. The summed E-state index contributed by atoms with van der Waals surface area (Å²) in [4.78, 5) is 24.3. The average Bonchev–Trinajstić information content (AvgIpc) is 2.45. The molecule has 0 saturated heterocycles. The number of carbonyl (C=O) groups is 1. The van der Waals surface area contributed by atoms with Gasteiger partial charge in [0.15, 0.2) is 0 Å². The van der Waals surface area contributed by atoms with Crippen LogP contribution >= 0.6 is 0 Å². The zero-order chi connectivity index (χ0) is 16.3. The second kappa shape index (κ2) is 6.05. The fourth-order valence-corrected chi connectivity index (χ4v) is 2.14. The number of hydrogen-bond donors (Lipinski definition) is 2. The number of nitrogens with zero attached hydrogens (tertiary/aromatic N) is 1. The van der Waals surface area contributed by atoms with Crippen LogP contribution in [0.25, 0.3) is 0 Å². The minimum absolute atomic E-state index is 0.112. The highest BCUT2D eigenvalue weighted by Crippen LogP contribution is 2.21. The van der Waals surface area contributed by atoms with Crippen LogP contribution in [0.5, 0.6) is 0 Å². The van der Waals surface area contributed by atoms with E-state index in [1.807, 2.05) is 20.8 Å². The standard InChI is InChI=1S/C17H21N3O2/c1-12-4-9-15(21)20(10-12)11-17(2,3)16(22)19-14-7-5-13(18)6-8-14/h4-10H,11,18H2,1-3H3,(H,19,22). The lowest BCUT2D eigenvalue weighted by molar-refractivity contribution is -0.124. The number of carbonyl (C=O) groups excluding carboxylic acids is 1. The molecule has 5 heteroatoms. The summed E-state index contributed by atoms with van der Waals surface area (Å²) in [5.74, 6) is -0.148. The van der Waals surface area contributed by atoms with Crippen LogP contribution in [0.2, 0.25) is 0 Å². The number of anilines is 2. The van der Waals surface area contributed by atoms with Crippen molar-refractivity contribution in [2.24, 2.45) is 5.41 Å². The Labute approximate surface area is 129 Å². The molecule has 116 valence electrons. The first-order valence-electron chi connectivity index (χ1n) is 7.12. The number of rotatable bonds is 4. The number of benzene rings is 1. The first kappa shape index (κ1) is 15.8. The summed E-state index contributed by atoms with van der Waals surface area (Å²) in [6.45, 7) is 5.86. The van der Waals surface area contributed by atoms with E-state index in [9.17, 15) is 9.59 Å². The third-order valence-corrected chi connectivity index (χ3v) is 3.48. The number of hydrogen-bond acceptors (Lipinski definition) is 3. The van der Waals surface area contributed by atoms with Crippen LogP contribution in [0.4, 0.5) is 11.4 Å². The molecule has 0 bridgehead atoms. The van der Waals surface area contributed by atoms with E-state index in [0.717, 1.165) is 5.56 Å². The molecule has 0 saturated carbocycles. The van der Waals surface area contributed by atoms with Crippen molar-refractivity contribution in [2.45, 2.75) is 27.3 Å². The van der Waals surface area contributed by atoms with E-state index >= 15 is 0 Å². The topological polar surface area (TPSA) is 77.1 Å². The molecule has 2 aromatic rings. The fraction of sp³-hybridized carbons (Fsp3) is 0.294. The molecule has 0 aliphatic heterocycles. The number of amides is 1. The lowest BCUT2D eigenvalue weighted by Gasteiger charge is -2.24. The van der Waals surface area contributed by atoms with Crippen molar-refractivity contribution < 1.29 is 4.79 Å². The fourth-order valence-electron chi connectivity index (χ4n) is 2.14. The van der Waals surface area contributed by atoms with Crippen LogP contribution in [0, 0.1) is 12.3 Å². The minimum Gasteiger partial charge on any atom is -0.399 e. The predicted molar refractivity (Wildman–Crippen MR) is 88.7 cm³/mol. The van der Waals surface area contributed by atoms with Crippen molar-refractivity contribution in [2.75, 3.05) is 11.1 Å². The van der Waals surface area contributed by atoms with Gasteiger partial charge in [-0.2, -0.15) is 0 Å². The van der Waals surface area contributed by atoms with Crippen LogP contribution < -0.4 is 16.6 Å². The van der Waals surface area contributed by atoms with Crippen LogP contribution in [0.15, 0.2) is 47.4 Å². The van der Waals surface area contributed by atoms with E-state index in [4.69, 9.17) is 5.73 Å². The SMILES string of the molecule is Cc1ccc(=O)n(CC(C)(C)C(=O)Nc2ccc(N)cc2)c1. The first-order chi connectivity index (χ1) is 10.3. The normalized spacial score (nSPS) is 11.2. The summed E-state index contributed by atoms with van der Waals surface area (Å²) in [6, 6.07) is 10.2. The third-order valence-electron chi connectivity index (χ3n) is 3.48. The summed E-state index contributed by atoms with van der Waals surface area (Å²) < 4.78 is 1.57. The maximum Gasteiger partial charge on any atom is 0.250 e. The van der Waals surface area contributed by atoms with E-state index in [1.54, 1.807) is 41.1 Å². The van der Waals surface area contributed by atoms with Gasteiger partial charge in [0.1, 0.15) is 0 Å². The smallest absolute Gasteiger partial charge is 0.250 e. The van der Waals surface area contributed by atoms with E-state index in [1.165, 1.54) is 6.07 Å². The molecule has 1 aromatic carbocycles. The van der Waals surface area contributed by atoms with Crippen molar-refractivity contribution >= 4 is 17.3 Å². The van der Waals surface area contributed by atoms with Gasteiger partial charge in [0, 0.05) is 30.2 Å². The van der Waals surface area contributed by atoms with Crippen molar-refractivity contribution in [3.63, 3.8) is 0 Å². The molecule has 1 amide bonds. The van der Waals surface area contributed by atoms with Gasteiger partial charge in [0.05, 0.1) is 5.41 Å². The molecule has 1 aromatic heterocycles. The molecular weight excluding hydrogens is 278 g/mol. The van der Waals surface area contributed by atoms with Gasteiger partial charge in [-0.1, -0.05) is 6.07 Å². The Morgan fingerprint density at radius 1 is 1.18 bits per heavy atom. The van der Waals surface area contributed by atoms with Gasteiger partial charge < -0.3 is 15.6 Å². The largest absolute Gasteiger partial charge is 0.399 e. The molecule has 0 aliphatic carbocycles. The van der Waals surface area contributed by atoms with Gasteiger partial charge >= 0.3 is 0 Å². The number of nitrogen functional groups attached to an aromatic ring is 1. The number of aryl methyl sites for hydroxylation is 1. The van der Waals surface area contributed by atoms with Crippen LogP contribution in [-0.2, 0) is 11.3 Å². The molecular formula is C17H21N3O2. The quantitative estimate of drug-likeness (QED) is 0.851. The van der Waals surface area contributed by atoms with Gasteiger partial charge in [-0.15, -0.1) is 0 Å². The molecule has 0 fully saturated rings.